The number of fused-ring (bicyclic) bond motifs is 1. The molecule has 0 bridgehead atoms. The Hall–Kier alpha value is -2.99. The van der Waals surface area contributed by atoms with E-state index < -0.39 is 12.4 Å². The standard InChI is InChI=1S/C18H16N2O4/c1-2-23-18(24-17(22)13-7-4-3-5-8-13)20-11-14(12-21)15-9-6-10-19-16(15)20/h3-12,18H,2H2,1H3. The molecule has 2 aromatic heterocycles. The smallest absolute Gasteiger partial charge is 0.341 e. The number of aldehydes is 1. The number of pyridine rings is 1. The highest BCUT2D eigenvalue weighted by atomic mass is 16.7. The molecule has 0 fully saturated rings. The maximum absolute atomic E-state index is 12.3. The number of nitrogens with zero attached hydrogens (tertiary/aromatic N) is 2. The van der Waals surface area contributed by atoms with E-state index in [-0.39, 0.29) is 0 Å². The van der Waals surface area contributed by atoms with E-state index >= 15 is 0 Å². The molecule has 122 valence electrons. The number of carbonyl (C=O) groups is 2. The predicted octanol–water partition coefficient (Wildman–Crippen LogP) is 3.20. The minimum atomic E-state index is -1.01. The molecule has 6 heteroatoms. The van der Waals surface area contributed by atoms with Crippen LogP contribution < -0.4 is 0 Å². The number of esters is 1. The zero-order chi connectivity index (χ0) is 16.9. The number of aromatic nitrogens is 2. The summed E-state index contributed by atoms with van der Waals surface area (Å²) in [5.41, 5.74) is 1.39. The minimum absolute atomic E-state index is 0.329. The fourth-order valence-electron chi connectivity index (χ4n) is 2.41. The van der Waals surface area contributed by atoms with E-state index in [1.165, 1.54) is 0 Å². The van der Waals surface area contributed by atoms with Gasteiger partial charge in [0.15, 0.2) is 6.29 Å². The van der Waals surface area contributed by atoms with Gasteiger partial charge in [0, 0.05) is 30.0 Å². The average Bonchev–Trinajstić information content (AvgIpc) is 3.01. The third-order valence-corrected chi connectivity index (χ3v) is 3.50. The Morgan fingerprint density at radius 1 is 1.25 bits per heavy atom. The zero-order valence-electron chi connectivity index (χ0n) is 13.1. The highest BCUT2D eigenvalue weighted by molar-refractivity contribution is 5.96. The monoisotopic (exact) mass is 324 g/mol. The zero-order valence-corrected chi connectivity index (χ0v) is 13.1. The number of carbonyl (C=O) groups excluding carboxylic acids is 2. The fourth-order valence-corrected chi connectivity index (χ4v) is 2.41. The average molecular weight is 324 g/mol. The number of rotatable bonds is 6. The molecule has 24 heavy (non-hydrogen) atoms. The maximum Gasteiger partial charge on any atom is 0.341 e. The summed E-state index contributed by atoms with van der Waals surface area (Å²) in [7, 11) is 0. The van der Waals surface area contributed by atoms with Crippen molar-refractivity contribution in [3.63, 3.8) is 0 Å². The van der Waals surface area contributed by atoms with Gasteiger partial charge in [0.25, 0.3) is 6.41 Å². The molecule has 1 unspecified atom stereocenters. The van der Waals surface area contributed by atoms with Crippen LogP contribution in [0.15, 0.2) is 54.9 Å². The van der Waals surface area contributed by atoms with Gasteiger partial charge in [-0.2, -0.15) is 0 Å². The molecule has 0 saturated heterocycles. The molecular weight excluding hydrogens is 308 g/mol. The summed E-state index contributed by atoms with van der Waals surface area (Å²) in [6.45, 7) is 2.12. The first-order valence-electron chi connectivity index (χ1n) is 7.53. The fraction of sp³-hybridized carbons (Fsp3) is 0.167. The van der Waals surface area contributed by atoms with Crippen molar-refractivity contribution in [3.8, 4) is 0 Å². The van der Waals surface area contributed by atoms with Crippen molar-refractivity contribution >= 4 is 23.3 Å². The van der Waals surface area contributed by atoms with Gasteiger partial charge in [0.2, 0.25) is 0 Å². The normalized spacial score (nSPS) is 12.0. The number of ether oxygens (including phenoxy) is 2. The van der Waals surface area contributed by atoms with Gasteiger partial charge in [-0.05, 0) is 31.2 Å². The molecule has 0 aliphatic heterocycles. The van der Waals surface area contributed by atoms with Crippen molar-refractivity contribution in [2.45, 2.75) is 13.3 Å². The van der Waals surface area contributed by atoms with Crippen LogP contribution >= 0.6 is 0 Å². The molecule has 1 atom stereocenters. The first-order valence-corrected chi connectivity index (χ1v) is 7.53. The quantitative estimate of drug-likeness (QED) is 0.395. The number of benzene rings is 1. The van der Waals surface area contributed by atoms with Crippen LogP contribution in [0.2, 0.25) is 0 Å². The van der Waals surface area contributed by atoms with E-state index in [0.717, 1.165) is 6.29 Å². The predicted molar refractivity (Wildman–Crippen MR) is 87.6 cm³/mol. The van der Waals surface area contributed by atoms with Crippen LogP contribution in [0.3, 0.4) is 0 Å². The molecule has 0 amide bonds. The van der Waals surface area contributed by atoms with Gasteiger partial charge in [0.05, 0.1) is 5.56 Å². The van der Waals surface area contributed by atoms with Gasteiger partial charge >= 0.3 is 5.97 Å². The Morgan fingerprint density at radius 2 is 2.04 bits per heavy atom. The summed E-state index contributed by atoms with van der Waals surface area (Å²) in [5.74, 6) is -0.514. The van der Waals surface area contributed by atoms with Crippen LogP contribution in [-0.4, -0.2) is 28.4 Å². The molecule has 1 aromatic carbocycles. The van der Waals surface area contributed by atoms with Crippen molar-refractivity contribution < 1.29 is 19.1 Å². The van der Waals surface area contributed by atoms with E-state index in [9.17, 15) is 9.59 Å². The highest BCUT2D eigenvalue weighted by Gasteiger charge is 2.21. The maximum atomic E-state index is 12.3. The van der Waals surface area contributed by atoms with Crippen molar-refractivity contribution in [1.82, 2.24) is 9.55 Å². The Labute approximate surface area is 138 Å². The third kappa shape index (κ3) is 3.04. The van der Waals surface area contributed by atoms with E-state index in [0.29, 0.717) is 28.8 Å². The summed E-state index contributed by atoms with van der Waals surface area (Å²) >= 11 is 0. The molecule has 0 spiro atoms. The SMILES string of the molecule is CCOC(OC(=O)c1ccccc1)n1cc(C=O)c2cccnc21. The van der Waals surface area contributed by atoms with Crippen LogP contribution in [0.1, 0.15) is 34.1 Å². The van der Waals surface area contributed by atoms with E-state index in [4.69, 9.17) is 9.47 Å². The minimum Gasteiger partial charge on any atom is -0.412 e. The molecule has 6 nitrogen and oxygen atoms in total. The molecule has 0 aliphatic rings. The molecule has 3 rings (SSSR count). The summed E-state index contributed by atoms with van der Waals surface area (Å²) in [6.07, 6.45) is 2.91. The summed E-state index contributed by atoms with van der Waals surface area (Å²) in [4.78, 5) is 27.8. The Balaban J connectivity index is 1.97. The van der Waals surface area contributed by atoms with Gasteiger partial charge in [0.1, 0.15) is 5.65 Å². The molecule has 2 heterocycles. The second-order valence-electron chi connectivity index (χ2n) is 5.02. The van der Waals surface area contributed by atoms with Gasteiger partial charge in [-0.15, -0.1) is 0 Å². The summed E-state index contributed by atoms with van der Waals surface area (Å²) in [6, 6.07) is 12.2. The van der Waals surface area contributed by atoms with Gasteiger partial charge in [-0.3, -0.25) is 9.36 Å². The van der Waals surface area contributed by atoms with Crippen LogP contribution in [-0.2, 0) is 9.47 Å². The van der Waals surface area contributed by atoms with Gasteiger partial charge in [-0.1, -0.05) is 18.2 Å². The molecule has 3 aromatic rings. The lowest BCUT2D eigenvalue weighted by Crippen LogP contribution is -2.20. The summed E-state index contributed by atoms with van der Waals surface area (Å²) in [5, 5.41) is 0.674. The van der Waals surface area contributed by atoms with E-state index in [2.05, 4.69) is 4.98 Å². The van der Waals surface area contributed by atoms with Crippen molar-refractivity contribution in [3.05, 3.63) is 66.0 Å². The van der Waals surface area contributed by atoms with Crippen molar-refractivity contribution in [2.75, 3.05) is 6.61 Å². The van der Waals surface area contributed by atoms with Crippen molar-refractivity contribution in [2.24, 2.45) is 0 Å². The second kappa shape index (κ2) is 7.06. The topological polar surface area (TPSA) is 70.4 Å². The van der Waals surface area contributed by atoms with Crippen LogP contribution in [0.4, 0.5) is 0 Å². The van der Waals surface area contributed by atoms with Crippen molar-refractivity contribution in [1.29, 1.82) is 0 Å². The third-order valence-electron chi connectivity index (χ3n) is 3.50. The van der Waals surface area contributed by atoms with Crippen LogP contribution in [0.5, 0.6) is 0 Å². The lowest BCUT2D eigenvalue weighted by atomic mass is 10.2. The first-order chi connectivity index (χ1) is 11.7. The van der Waals surface area contributed by atoms with E-state index in [1.807, 2.05) is 6.07 Å². The van der Waals surface area contributed by atoms with Crippen LogP contribution in [0, 0.1) is 0 Å². The first kappa shape index (κ1) is 15.9. The second-order valence-corrected chi connectivity index (χ2v) is 5.02. The Kier molecular flexibility index (Phi) is 4.67. The van der Waals surface area contributed by atoms with Gasteiger partial charge < -0.3 is 9.47 Å². The Morgan fingerprint density at radius 3 is 2.75 bits per heavy atom. The lowest BCUT2D eigenvalue weighted by Gasteiger charge is -2.19. The van der Waals surface area contributed by atoms with E-state index in [1.54, 1.807) is 60.3 Å². The highest BCUT2D eigenvalue weighted by Crippen LogP contribution is 2.24. The lowest BCUT2D eigenvalue weighted by molar-refractivity contribution is -0.152. The van der Waals surface area contributed by atoms with Crippen LogP contribution in [0.25, 0.3) is 11.0 Å². The number of hydrogen-bond donors (Lipinski definition) is 0. The molecule has 0 N–H and O–H groups in total. The largest absolute Gasteiger partial charge is 0.412 e. The Bertz CT molecular complexity index is 858. The molecule has 0 aliphatic carbocycles. The molecular formula is C18H16N2O4. The molecule has 0 radical (unpaired) electrons. The molecule has 0 saturated carbocycles. The van der Waals surface area contributed by atoms with Gasteiger partial charge in [-0.25, -0.2) is 9.78 Å². The number of hydrogen-bond acceptors (Lipinski definition) is 5. The summed E-state index contributed by atoms with van der Waals surface area (Å²) < 4.78 is 12.6.